The predicted molar refractivity (Wildman–Crippen MR) is 72.4 cm³/mol. The van der Waals surface area contributed by atoms with E-state index < -0.39 is 0 Å². The van der Waals surface area contributed by atoms with E-state index in [4.69, 9.17) is 10.00 Å². The van der Waals surface area contributed by atoms with Crippen molar-refractivity contribution in [2.45, 2.75) is 18.7 Å². The third-order valence-electron chi connectivity index (χ3n) is 2.55. The molecule has 92 valence electrons. The van der Waals surface area contributed by atoms with Crippen LogP contribution in [0.25, 0.3) is 0 Å². The Kier molecular flexibility index (Phi) is 5.88. The van der Waals surface area contributed by atoms with Gasteiger partial charge in [-0.15, -0.1) is 0 Å². The Balaban J connectivity index is 2.58. The van der Waals surface area contributed by atoms with Gasteiger partial charge >= 0.3 is 0 Å². The number of ether oxygens (including phenoxy) is 1. The van der Waals surface area contributed by atoms with E-state index in [-0.39, 0.29) is 0 Å². The fraction of sp³-hybridized carbons (Fsp3) is 0.462. The Hall–Kier alpha value is -1.18. The summed E-state index contributed by atoms with van der Waals surface area (Å²) in [6.07, 6.45) is 2.10. The monoisotopic (exact) mass is 250 g/mol. The van der Waals surface area contributed by atoms with Crippen molar-refractivity contribution in [3.05, 3.63) is 29.3 Å². The lowest BCUT2D eigenvalue weighted by Gasteiger charge is -2.10. The van der Waals surface area contributed by atoms with Gasteiger partial charge in [0.05, 0.1) is 12.7 Å². The molecule has 17 heavy (non-hydrogen) atoms. The quantitative estimate of drug-likeness (QED) is 0.842. The van der Waals surface area contributed by atoms with Crippen LogP contribution >= 0.6 is 11.8 Å². The second kappa shape index (κ2) is 7.21. The number of methoxy groups -OCH3 is 1. The van der Waals surface area contributed by atoms with Crippen molar-refractivity contribution < 1.29 is 4.74 Å². The molecule has 0 fully saturated rings. The Morgan fingerprint density at radius 3 is 2.88 bits per heavy atom. The van der Waals surface area contributed by atoms with Crippen LogP contribution in [0.4, 0.5) is 0 Å². The van der Waals surface area contributed by atoms with E-state index in [1.807, 2.05) is 30.0 Å². The zero-order chi connectivity index (χ0) is 12.7. The zero-order valence-corrected chi connectivity index (χ0v) is 11.3. The summed E-state index contributed by atoms with van der Waals surface area (Å²) < 4.78 is 5.11. The molecule has 1 N–H and O–H groups in total. The molecule has 0 saturated heterocycles. The molecule has 0 amide bonds. The lowest BCUT2D eigenvalue weighted by molar-refractivity contribution is 0.413. The summed E-state index contributed by atoms with van der Waals surface area (Å²) in [4.78, 5) is 0. The number of nitrogens with one attached hydrogen (secondary N) is 1. The molecule has 0 aliphatic carbocycles. The highest BCUT2D eigenvalue weighted by molar-refractivity contribution is 7.99. The molecule has 0 saturated carbocycles. The Morgan fingerprint density at radius 2 is 2.29 bits per heavy atom. The highest BCUT2D eigenvalue weighted by Crippen LogP contribution is 2.18. The maximum Gasteiger partial charge on any atom is 0.136 e. The van der Waals surface area contributed by atoms with Crippen molar-refractivity contribution in [3.63, 3.8) is 0 Å². The molecule has 0 aromatic heterocycles. The van der Waals surface area contributed by atoms with Crippen LogP contribution in [-0.4, -0.2) is 25.2 Å². The van der Waals surface area contributed by atoms with E-state index >= 15 is 0 Å². The number of hydrogen-bond donors (Lipinski definition) is 1. The average Bonchev–Trinajstić information content (AvgIpc) is 2.38. The first-order valence-electron chi connectivity index (χ1n) is 5.51. The van der Waals surface area contributed by atoms with Crippen LogP contribution in [0, 0.1) is 11.3 Å². The van der Waals surface area contributed by atoms with E-state index in [1.54, 1.807) is 7.11 Å². The molecule has 0 spiro atoms. The van der Waals surface area contributed by atoms with Crippen LogP contribution in [0.1, 0.15) is 18.1 Å². The number of rotatable bonds is 6. The zero-order valence-electron chi connectivity index (χ0n) is 10.5. The fourth-order valence-corrected chi connectivity index (χ4v) is 1.74. The smallest absolute Gasteiger partial charge is 0.136 e. The summed E-state index contributed by atoms with van der Waals surface area (Å²) in [7, 11) is 1.58. The maximum atomic E-state index is 8.97. The van der Waals surface area contributed by atoms with Crippen molar-refractivity contribution in [2.75, 3.05) is 19.9 Å². The van der Waals surface area contributed by atoms with Crippen LogP contribution in [0.3, 0.4) is 0 Å². The number of benzene rings is 1. The van der Waals surface area contributed by atoms with Gasteiger partial charge in [0.25, 0.3) is 0 Å². The van der Waals surface area contributed by atoms with Crippen molar-refractivity contribution in [1.82, 2.24) is 5.32 Å². The molecule has 0 radical (unpaired) electrons. The standard InChI is InChI=1S/C13H18N2OS/c1-10(17-3)8-15-9-11-4-5-13(16-2)12(6-11)7-14/h4-6,10,15H,8-9H2,1-3H3. The minimum absolute atomic E-state index is 0.588. The summed E-state index contributed by atoms with van der Waals surface area (Å²) >= 11 is 1.84. The van der Waals surface area contributed by atoms with Gasteiger partial charge in [-0.3, -0.25) is 0 Å². The first kappa shape index (κ1) is 13.9. The molecule has 1 atom stereocenters. The summed E-state index contributed by atoms with van der Waals surface area (Å²) in [5, 5.41) is 12.9. The van der Waals surface area contributed by atoms with Crippen molar-refractivity contribution in [2.24, 2.45) is 0 Å². The molecule has 0 aliphatic rings. The Labute approximate surface area is 107 Å². The molecule has 1 unspecified atom stereocenters. The molecule has 0 bridgehead atoms. The van der Waals surface area contributed by atoms with Gasteiger partial charge in [-0.05, 0) is 24.0 Å². The van der Waals surface area contributed by atoms with E-state index in [0.29, 0.717) is 16.6 Å². The molecule has 3 nitrogen and oxygen atoms in total. The van der Waals surface area contributed by atoms with E-state index in [9.17, 15) is 0 Å². The number of nitrogens with zero attached hydrogens (tertiary/aromatic N) is 1. The molecular formula is C13H18N2OS. The largest absolute Gasteiger partial charge is 0.495 e. The highest BCUT2D eigenvalue weighted by Gasteiger charge is 2.04. The molecule has 1 aromatic carbocycles. The normalized spacial score (nSPS) is 11.9. The summed E-state index contributed by atoms with van der Waals surface area (Å²) in [6.45, 7) is 3.94. The second-order valence-corrected chi connectivity index (χ2v) is 5.10. The van der Waals surface area contributed by atoms with Gasteiger partial charge < -0.3 is 10.1 Å². The van der Waals surface area contributed by atoms with E-state index in [1.165, 1.54) is 0 Å². The topological polar surface area (TPSA) is 45.0 Å². The van der Waals surface area contributed by atoms with Crippen molar-refractivity contribution in [1.29, 1.82) is 5.26 Å². The molecule has 4 heteroatoms. The molecule has 0 heterocycles. The molecular weight excluding hydrogens is 232 g/mol. The first-order valence-corrected chi connectivity index (χ1v) is 6.80. The molecule has 1 aromatic rings. The molecule has 0 aliphatic heterocycles. The minimum Gasteiger partial charge on any atom is -0.495 e. The third-order valence-corrected chi connectivity index (χ3v) is 3.52. The maximum absolute atomic E-state index is 8.97. The highest BCUT2D eigenvalue weighted by atomic mass is 32.2. The van der Waals surface area contributed by atoms with Gasteiger partial charge in [0.15, 0.2) is 0 Å². The lowest BCUT2D eigenvalue weighted by atomic mass is 10.1. The van der Waals surface area contributed by atoms with E-state index in [2.05, 4.69) is 24.6 Å². The summed E-state index contributed by atoms with van der Waals surface area (Å²) in [5.74, 6) is 0.633. The number of thioether (sulfide) groups is 1. The van der Waals surface area contributed by atoms with Gasteiger partial charge in [0.2, 0.25) is 0 Å². The Morgan fingerprint density at radius 1 is 1.53 bits per heavy atom. The van der Waals surface area contributed by atoms with Crippen molar-refractivity contribution >= 4 is 11.8 Å². The summed E-state index contributed by atoms with van der Waals surface area (Å²) in [5.41, 5.74) is 1.69. The van der Waals surface area contributed by atoms with Crippen molar-refractivity contribution in [3.8, 4) is 11.8 Å². The summed E-state index contributed by atoms with van der Waals surface area (Å²) in [6, 6.07) is 7.83. The van der Waals surface area contributed by atoms with Crippen LogP contribution < -0.4 is 10.1 Å². The lowest BCUT2D eigenvalue weighted by Crippen LogP contribution is -2.22. The van der Waals surface area contributed by atoms with Gasteiger partial charge in [-0.25, -0.2) is 0 Å². The van der Waals surface area contributed by atoms with E-state index in [0.717, 1.165) is 18.7 Å². The second-order valence-electron chi connectivity index (χ2n) is 3.82. The van der Waals surface area contributed by atoms with Gasteiger partial charge in [0, 0.05) is 18.3 Å². The van der Waals surface area contributed by atoms with Gasteiger partial charge in [0.1, 0.15) is 11.8 Å². The first-order chi connectivity index (χ1) is 8.21. The predicted octanol–water partition coefficient (Wildman–Crippen LogP) is 2.41. The minimum atomic E-state index is 0.588. The van der Waals surface area contributed by atoms with Crippen LogP contribution in [0.2, 0.25) is 0 Å². The van der Waals surface area contributed by atoms with Gasteiger partial charge in [-0.1, -0.05) is 13.0 Å². The van der Waals surface area contributed by atoms with Crippen LogP contribution in [0.15, 0.2) is 18.2 Å². The van der Waals surface area contributed by atoms with Crippen LogP contribution in [-0.2, 0) is 6.54 Å². The number of hydrogen-bond acceptors (Lipinski definition) is 4. The molecule has 1 rings (SSSR count). The number of nitriles is 1. The average molecular weight is 250 g/mol. The SMILES string of the molecule is COc1ccc(CNCC(C)SC)cc1C#N. The van der Waals surface area contributed by atoms with Crippen LogP contribution in [0.5, 0.6) is 5.75 Å². The fourth-order valence-electron chi connectivity index (χ4n) is 1.46. The third kappa shape index (κ3) is 4.29. The van der Waals surface area contributed by atoms with Gasteiger partial charge in [-0.2, -0.15) is 17.0 Å². The Bertz CT molecular complexity index is 401.